The summed E-state index contributed by atoms with van der Waals surface area (Å²) in [5, 5.41) is 1.27. The first-order valence-electron chi connectivity index (χ1n) is 6.19. The molecular formula is C16H12ClNO2. The molecule has 20 heavy (non-hydrogen) atoms. The molecule has 0 aliphatic heterocycles. The summed E-state index contributed by atoms with van der Waals surface area (Å²) in [4.78, 5) is 12.4. The van der Waals surface area contributed by atoms with Crippen molar-refractivity contribution < 1.29 is 9.21 Å². The molecular weight excluding hydrogens is 274 g/mol. The molecule has 3 nitrogen and oxygen atoms in total. The largest absolute Gasteiger partial charge is 0.451 e. The van der Waals surface area contributed by atoms with Crippen LogP contribution in [0, 0.1) is 0 Å². The molecule has 3 aromatic rings. The van der Waals surface area contributed by atoms with Crippen molar-refractivity contribution in [3.05, 3.63) is 70.9 Å². The van der Waals surface area contributed by atoms with Gasteiger partial charge in [0.05, 0.1) is 11.1 Å². The molecule has 0 saturated heterocycles. The molecule has 0 aliphatic rings. The van der Waals surface area contributed by atoms with Crippen LogP contribution in [0.15, 0.2) is 59.0 Å². The molecule has 3 rings (SSSR count). The average Bonchev–Trinajstić information content (AvgIpc) is 2.92. The second kappa shape index (κ2) is 5.12. The molecule has 1 atom stereocenters. The van der Waals surface area contributed by atoms with Crippen LogP contribution in [0.25, 0.3) is 11.0 Å². The van der Waals surface area contributed by atoms with Gasteiger partial charge in [-0.15, -0.1) is 0 Å². The zero-order chi connectivity index (χ0) is 14.1. The number of hydrogen-bond acceptors (Lipinski definition) is 3. The van der Waals surface area contributed by atoms with Gasteiger partial charge >= 0.3 is 0 Å². The van der Waals surface area contributed by atoms with E-state index in [1.807, 2.05) is 42.5 Å². The van der Waals surface area contributed by atoms with Crippen LogP contribution in [0.3, 0.4) is 0 Å². The fraction of sp³-hybridized carbons (Fsp3) is 0.0625. The Morgan fingerprint density at radius 3 is 2.55 bits per heavy atom. The van der Waals surface area contributed by atoms with Crippen LogP contribution in [-0.2, 0) is 0 Å². The number of ketones is 1. The highest BCUT2D eigenvalue weighted by atomic mass is 35.5. The summed E-state index contributed by atoms with van der Waals surface area (Å²) in [6, 6.07) is 15.5. The second-order valence-corrected chi connectivity index (χ2v) is 4.93. The molecule has 1 aromatic heterocycles. The zero-order valence-electron chi connectivity index (χ0n) is 10.5. The summed E-state index contributed by atoms with van der Waals surface area (Å²) in [6.07, 6.45) is 0. The SMILES string of the molecule is N[C@@H](C(=O)c1cc2cccc(Cl)c2o1)c1ccccc1. The van der Waals surface area contributed by atoms with E-state index in [2.05, 4.69) is 0 Å². The van der Waals surface area contributed by atoms with Gasteiger partial charge in [0.15, 0.2) is 11.3 Å². The number of rotatable bonds is 3. The summed E-state index contributed by atoms with van der Waals surface area (Å²) in [5.41, 5.74) is 7.25. The number of para-hydroxylation sites is 1. The quantitative estimate of drug-likeness (QED) is 0.741. The highest BCUT2D eigenvalue weighted by molar-refractivity contribution is 6.34. The van der Waals surface area contributed by atoms with Crippen molar-refractivity contribution in [3.63, 3.8) is 0 Å². The van der Waals surface area contributed by atoms with Crippen LogP contribution in [0.4, 0.5) is 0 Å². The Bertz CT molecular complexity index is 765. The van der Waals surface area contributed by atoms with Gasteiger partial charge in [-0.1, -0.05) is 54.1 Å². The lowest BCUT2D eigenvalue weighted by atomic mass is 10.0. The molecule has 0 bridgehead atoms. The van der Waals surface area contributed by atoms with Crippen molar-refractivity contribution in [3.8, 4) is 0 Å². The van der Waals surface area contributed by atoms with E-state index in [4.69, 9.17) is 21.8 Å². The maximum atomic E-state index is 12.4. The standard InChI is InChI=1S/C16H12ClNO2/c17-12-8-4-7-11-9-13(20-16(11)12)15(19)14(18)10-5-2-1-3-6-10/h1-9,14H,18H2/t14-/m1/s1. The van der Waals surface area contributed by atoms with Crippen LogP contribution in [0.5, 0.6) is 0 Å². The number of nitrogens with two attached hydrogens (primary N) is 1. The summed E-state index contributed by atoms with van der Waals surface area (Å²) in [5.74, 6) is -0.0343. The van der Waals surface area contributed by atoms with Crippen LogP contribution in [-0.4, -0.2) is 5.78 Å². The molecule has 0 aliphatic carbocycles. The number of hydrogen-bond donors (Lipinski definition) is 1. The topological polar surface area (TPSA) is 56.2 Å². The molecule has 0 spiro atoms. The van der Waals surface area contributed by atoms with Gasteiger partial charge in [-0.25, -0.2) is 0 Å². The predicted octanol–water partition coefficient (Wildman–Crippen LogP) is 3.97. The average molecular weight is 286 g/mol. The van der Waals surface area contributed by atoms with Gasteiger partial charge in [-0.05, 0) is 17.7 Å². The summed E-state index contributed by atoms with van der Waals surface area (Å²) in [6.45, 7) is 0. The van der Waals surface area contributed by atoms with Crippen molar-refractivity contribution in [1.29, 1.82) is 0 Å². The van der Waals surface area contributed by atoms with Gasteiger partial charge in [-0.2, -0.15) is 0 Å². The Labute approximate surface area is 120 Å². The lowest BCUT2D eigenvalue weighted by Gasteiger charge is -2.08. The van der Waals surface area contributed by atoms with Crippen molar-refractivity contribution in [2.45, 2.75) is 6.04 Å². The fourth-order valence-electron chi connectivity index (χ4n) is 2.11. The molecule has 0 amide bonds. The minimum absolute atomic E-state index is 0.226. The normalized spacial score (nSPS) is 12.5. The molecule has 0 saturated carbocycles. The van der Waals surface area contributed by atoms with Crippen molar-refractivity contribution in [1.82, 2.24) is 0 Å². The van der Waals surface area contributed by atoms with Crippen molar-refractivity contribution in [2.75, 3.05) is 0 Å². The van der Waals surface area contributed by atoms with Gasteiger partial charge in [0.2, 0.25) is 5.78 Å². The van der Waals surface area contributed by atoms with E-state index in [1.54, 1.807) is 12.1 Å². The highest BCUT2D eigenvalue weighted by Gasteiger charge is 2.21. The molecule has 4 heteroatoms. The second-order valence-electron chi connectivity index (χ2n) is 4.52. The molecule has 1 heterocycles. The predicted molar refractivity (Wildman–Crippen MR) is 78.9 cm³/mol. The Hall–Kier alpha value is -2.10. The van der Waals surface area contributed by atoms with Gasteiger partial charge in [0, 0.05) is 5.39 Å². The van der Waals surface area contributed by atoms with Gasteiger partial charge in [0.1, 0.15) is 0 Å². The number of fused-ring (bicyclic) bond motifs is 1. The van der Waals surface area contributed by atoms with Crippen molar-refractivity contribution in [2.24, 2.45) is 5.73 Å². The molecule has 0 fully saturated rings. The minimum atomic E-state index is -0.740. The number of Topliss-reactive ketones (excluding diaryl/α,β-unsaturated/α-hetero) is 1. The molecule has 100 valence electrons. The monoisotopic (exact) mass is 285 g/mol. The van der Waals surface area contributed by atoms with Crippen molar-refractivity contribution >= 4 is 28.4 Å². The molecule has 0 unspecified atom stereocenters. The Morgan fingerprint density at radius 1 is 1.10 bits per heavy atom. The molecule has 0 radical (unpaired) electrons. The van der Waals surface area contributed by atoms with E-state index < -0.39 is 6.04 Å². The smallest absolute Gasteiger partial charge is 0.219 e. The van der Waals surface area contributed by atoms with E-state index in [1.165, 1.54) is 0 Å². The number of halogens is 1. The van der Waals surface area contributed by atoms with E-state index in [9.17, 15) is 4.79 Å². The van der Waals surface area contributed by atoms with Gasteiger partial charge in [-0.3, -0.25) is 4.79 Å². The summed E-state index contributed by atoms with van der Waals surface area (Å²) in [7, 11) is 0. The first-order valence-corrected chi connectivity index (χ1v) is 6.57. The third kappa shape index (κ3) is 2.22. The van der Waals surface area contributed by atoms with Gasteiger partial charge in [0.25, 0.3) is 0 Å². The van der Waals surface area contributed by atoms with E-state index in [-0.39, 0.29) is 11.5 Å². The minimum Gasteiger partial charge on any atom is -0.451 e. The highest BCUT2D eigenvalue weighted by Crippen LogP contribution is 2.28. The Balaban J connectivity index is 1.99. The maximum absolute atomic E-state index is 12.4. The van der Waals surface area contributed by atoms with Crippen LogP contribution in [0.2, 0.25) is 5.02 Å². The fourth-order valence-corrected chi connectivity index (χ4v) is 2.33. The zero-order valence-corrected chi connectivity index (χ0v) is 11.3. The number of furan rings is 1. The Morgan fingerprint density at radius 2 is 1.85 bits per heavy atom. The maximum Gasteiger partial charge on any atom is 0.219 e. The lowest BCUT2D eigenvalue weighted by Crippen LogP contribution is -2.20. The third-order valence-corrected chi connectivity index (χ3v) is 3.48. The van der Waals surface area contributed by atoms with E-state index >= 15 is 0 Å². The van der Waals surface area contributed by atoms with Gasteiger partial charge < -0.3 is 10.2 Å². The summed E-state index contributed by atoms with van der Waals surface area (Å²) >= 11 is 6.04. The Kier molecular flexibility index (Phi) is 3.30. The number of carbonyl (C=O) groups excluding carboxylic acids is 1. The van der Waals surface area contributed by atoms with E-state index in [0.29, 0.717) is 10.6 Å². The molecule has 2 N–H and O–H groups in total. The number of carbonyl (C=O) groups is 1. The van der Waals surface area contributed by atoms with E-state index in [0.717, 1.165) is 10.9 Å². The van der Waals surface area contributed by atoms with Crippen LogP contribution >= 0.6 is 11.6 Å². The third-order valence-electron chi connectivity index (χ3n) is 3.18. The first kappa shape index (κ1) is 12.9. The van der Waals surface area contributed by atoms with Crippen LogP contribution in [0.1, 0.15) is 22.2 Å². The van der Waals surface area contributed by atoms with Crippen LogP contribution < -0.4 is 5.73 Å². The summed E-state index contributed by atoms with van der Waals surface area (Å²) < 4.78 is 5.54. The molecule has 2 aromatic carbocycles. The number of benzene rings is 2. The first-order chi connectivity index (χ1) is 9.66. The lowest BCUT2D eigenvalue weighted by molar-refractivity contribution is 0.0936.